The van der Waals surface area contributed by atoms with Crippen molar-refractivity contribution in [2.45, 2.75) is 25.9 Å². The fourth-order valence-corrected chi connectivity index (χ4v) is 4.07. The van der Waals surface area contributed by atoms with Gasteiger partial charge in [0.25, 0.3) is 0 Å². The molecule has 2 aromatic carbocycles. The Morgan fingerprint density at radius 2 is 1.87 bits per heavy atom. The number of para-hydroxylation sites is 1. The Morgan fingerprint density at radius 3 is 2.52 bits per heavy atom. The first kappa shape index (κ1) is 22.6. The van der Waals surface area contributed by atoms with E-state index in [1.165, 1.54) is 17.3 Å². The van der Waals surface area contributed by atoms with Crippen LogP contribution in [-0.2, 0) is 4.79 Å². The fourth-order valence-electron chi connectivity index (χ4n) is 3.21. The third-order valence-corrected chi connectivity index (χ3v) is 5.71. The van der Waals surface area contributed by atoms with E-state index >= 15 is 0 Å². The molecule has 0 aliphatic rings. The predicted octanol–water partition coefficient (Wildman–Crippen LogP) is 4.77. The van der Waals surface area contributed by atoms with E-state index in [-0.39, 0.29) is 11.7 Å². The summed E-state index contributed by atoms with van der Waals surface area (Å²) >= 11 is 1.38. The maximum absolute atomic E-state index is 12.7. The minimum Gasteiger partial charge on any atom is -0.496 e. The van der Waals surface area contributed by atoms with Gasteiger partial charge in [-0.05, 0) is 45.0 Å². The van der Waals surface area contributed by atoms with Gasteiger partial charge >= 0.3 is 0 Å². The molecule has 1 heterocycles. The van der Waals surface area contributed by atoms with Crippen molar-refractivity contribution in [3.63, 3.8) is 0 Å². The second-order valence-corrected chi connectivity index (χ2v) is 8.27. The third kappa shape index (κ3) is 5.35. The molecule has 3 aromatic rings. The van der Waals surface area contributed by atoms with Gasteiger partial charge in [-0.15, -0.1) is 10.2 Å². The van der Waals surface area contributed by atoms with Gasteiger partial charge in [0.15, 0.2) is 11.0 Å². The minimum atomic E-state index is 0.0489. The van der Waals surface area contributed by atoms with Crippen molar-refractivity contribution in [3.05, 3.63) is 66.2 Å². The average molecular weight is 437 g/mol. The van der Waals surface area contributed by atoms with Crippen molar-refractivity contribution < 1.29 is 9.53 Å². The van der Waals surface area contributed by atoms with Gasteiger partial charge in [-0.1, -0.05) is 53.7 Å². The number of amides is 1. The molecule has 0 bridgehead atoms. The van der Waals surface area contributed by atoms with Crippen LogP contribution in [0.3, 0.4) is 0 Å². The number of aromatic nitrogens is 3. The standard InChI is InChI=1S/C24H28N4O2S/c1-6-27(15-17(2)3)22(29)16-31-24-26-25-23(20-9-7-8-10-21(20)30-5)28(24)19-13-11-18(4)12-14-19/h7-14H,2,6,15-16H2,1,3-5H3. The van der Waals surface area contributed by atoms with Crippen LogP contribution in [0.5, 0.6) is 5.75 Å². The molecule has 3 rings (SSSR count). The predicted molar refractivity (Wildman–Crippen MR) is 126 cm³/mol. The van der Waals surface area contributed by atoms with Crippen molar-refractivity contribution in [1.82, 2.24) is 19.7 Å². The highest BCUT2D eigenvalue weighted by atomic mass is 32.2. The molecule has 1 amide bonds. The second kappa shape index (κ2) is 10.3. The molecule has 0 spiro atoms. The number of aryl methyl sites for hydroxylation is 1. The Hall–Kier alpha value is -3.06. The van der Waals surface area contributed by atoms with Crippen molar-refractivity contribution in [2.24, 2.45) is 0 Å². The van der Waals surface area contributed by atoms with Crippen LogP contribution >= 0.6 is 11.8 Å². The van der Waals surface area contributed by atoms with Gasteiger partial charge in [0.05, 0.1) is 18.4 Å². The summed E-state index contributed by atoms with van der Waals surface area (Å²) in [4.78, 5) is 14.5. The molecule has 0 fully saturated rings. The van der Waals surface area contributed by atoms with Crippen LogP contribution in [0.25, 0.3) is 17.1 Å². The van der Waals surface area contributed by atoms with Crippen LogP contribution in [0.15, 0.2) is 65.8 Å². The smallest absolute Gasteiger partial charge is 0.233 e. The summed E-state index contributed by atoms with van der Waals surface area (Å²) in [5.41, 5.74) is 3.90. The molecule has 162 valence electrons. The van der Waals surface area contributed by atoms with Crippen LogP contribution in [0.1, 0.15) is 19.4 Å². The normalized spacial score (nSPS) is 10.7. The molecule has 31 heavy (non-hydrogen) atoms. The van der Waals surface area contributed by atoms with Crippen molar-refractivity contribution in [1.29, 1.82) is 0 Å². The largest absolute Gasteiger partial charge is 0.496 e. The van der Waals surface area contributed by atoms with E-state index in [1.807, 2.05) is 73.9 Å². The number of rotatable bonds is 9. The van der Waals surface area contributed by atoms with Gasteiger partial charge in [0.2, 0.25) is 5.91 Å². The van der Waals surface area contributed by atoms with Crippen LogP contribution in [0.4, 0.5) is 0 Å². The lowest BCUT2D eigenvalue weighted by Gasteiger charge is -2.20. The highest BCUT2D eigenvalue weighted by Gasteiger charge is 2.21. The fraction of sp³-hybridized carbons (Fsp3) is 0.292. The maximum Gasteiger partial charge on any atom is 0.233 e. The SMILES string of the molecule is C=C(C)CN(CC)C(=O)CSc1nnc(-c2ccccc2OC)n1-c1ccc(C)cc1. The van der Waals surface area contributed by atoms with Gasteiger partial charge in [-0.3, -0.25) is 9.36 Å². The molecule has 0 aliphatic heterocycles. The van der Waals surface area contributed by atoms with E-state index in [0.29, 0.717) is 24.1 Å². The van der Waals surface area contributed by atoms with E-state index in [2.05, 4.69) is 16.8 Å². The summed E-state index contributed by atoms with van der Waals surface area (Å²) in [7, 11) is 1.64. The number of benzene rings is 2. The topological polar surface area (TPSA) is 60.3 Å². The monoisotopic (exact) mass is 436 g/mol. The Kier molecular flexibility index (Phi) is 7.52. The molecule has 7 heteroatoms. The molecule has 0 saturated heterocycles. The van der Waals surface area contributed by atoms with Crippen molar-refractivity contribution >= 4 is 17.7 Å². The number of ether oxygens (including phenoxy) is 1. The number of hydrogen-bond acceptors (Lipinski definition) is 5. The second-order valence-electron chi connectivity index (χ2n) is 7.33. The van der Waals surface area contributed by atoms with Gasteiger partial charge in [-0.25, -0.2) is 0 Å². The first-order chi connectivity index (χ1) is 14.9. The number of carbonyl (C=O) groups excluding carboxylic acids is 1. The quantitative estimate of drug-likeness (QED) is 0.357. The van der Waals surface area contributed by atoms with Crippen LogP contribution in [-0.4, -0.2) is 51.5 Å². The molecule has 0 atom stereocenters. The Morgan fingerprint density at radius 1 is 1.16 bits per heavy atom. The Labute approximate surface area is 187 Å². The molecule has 6 nitrogen and oxygen atoms in total. The number of methoxy groups -OCH3 is 1. The summed E-state index contributed by atoms with van der Waals surface area (Å²) in [5, 5.41) is 9.53. The maximum atomic E-state index is 12.7. The zero-order chi connectivity index (χ0) is 22.4. The van der Waals surface area contributed by atoms with E-state index in [4.69, 9.17) is 4.74 Å². The van der Waals surface area contributed by atoms with Gasteiger partial charge < -0.3 is 9.64 Å². The highest BCUT2D eigenvalue weighted by molar-refractivity contribution is 7.99. The first-order valence-electron chi connectivity index (χ1n) is 10.1. The molecule has 0 radical (unpaired) electrons. The molecular formula is C24H28N4O2S. The van der Waals surface area contributed by atoms with Gasteiger partial charge in [0, 0.05) is 18.8 Å². The summed E-state index contributed by atoms with van der Waals surface area (Å²) < 4.78 is 7.52. The summed E-state index contributed by atoms with van der Waals surface area (Å²) in [6.07, 6.45) is 0. The van der Waals surface area contributed by atoms with Crippen LogP contribution in [0.2, 0.25) is 0 Å². The van der Waals surface area contributed by atoms with E-state index in [9.17, 15) is 4.79 Å². The average Bonchev–Trinajstić information content (AvgIpc) is 3.19. The Balaban J connectivity index is 1.97. The van der Waals surface area contributed by atoms with Crippen LogP contribution in [0, 0.1) is 6.92 Å². The lowest BCUT2D eigenvalue weighted by Crippen LogP contribution is -2.33. The molecule has 1 aromatic heterocycles. The first-order valence-corrected chi connectivity index (χ1v) is 11.1. The van der Waals surface area contributed by atoms with Crippen molar-refractivity contribution in [3.8, 4) is 22.8 Å². The number of thioether (sulfide) groups is 1. The summed E-state index contributed by atoms with van der Waals surface area (Å²) in [6.45, 7) is 11.1. The third-order valence-electron chi connectivity index (χ3n) is 4.79. The van der Waals surface area contributed by atoms with E-state index < -0.39 is 0 Å². The molecule has 0 unspecified atom stereocenters. The Bertz CT molecular complexity index is 1060. The minimum absolute atomic E-state index is 0.0489. The highest BCUT2D eigenvalue weighted by Crippen LogP contribution is 2.33. The lowest BCUT2D eigenvalue weighted by atomic mass is 10.1. The van der Waals surface area contributed by atoms with Crippen LogP contribution < -0.4 is 4.74 Å². The number of nitrogens with zero attached hydrogens (tertiary/aromatic N) is 4. The zero-order valence-corrected chi connectivity index (χ0v) is 19.3. The van der Waals surface area contributed by atoms with E-state index in [0.717, 1.165) is 22.6 Å². The molecule has 0 N–H and O–H groups in total. The van der Waals surface area contributed by atoms with Gasteiger partial charge in [-0.2, -0.15) is 0 Å². The molecule has 0 saturated carbocycles. The van der Waals surface area contributed by atoms with Gasteiger partial charge in [0.1, 0.15) is 5.75 Å². The number of hydrogen-bond donors (Lipinski definition) is 0. The summed E-state index contributed by atoms with van der Waals surface area (Å²) in [5.74, 6) is 1.71. The summed E-state index contributed by atoms with van der Waals surface area (Å²) in [6, 6.07) is 15.9. The number of likely N-dealkylation sites (N-methyl/N-ethyl adjacent to an activating group) is 1. The number of carbonyl (C=O) groups is 1. The molecule has 0 aliphatic carbocycles. The lowest BCUT2D eigenvalue weighted by molar-refractivity contribution is -0.127. The zero-order valence-electron chi connectivity index (χ0n) is 18.5. The molecular weight excluding hydrogens is 408 g/mol. The van der Waals surface area contributed by atoms with Crippen molar-refractivity contribution in [2.75, 3.05) is 26.0 Å². The van der Waals surface area contributed by atoms with E-state index in [1.54, 1.807) is 12.0 Å².